The molecule has 0 saturated heterocycles. The Kier molecular flexibility index (Phi) is 1.91. The highest BCUT2D eigenvalue weighted by atomic mass is 19.4. The number of anilines is 1. The molecule has 0 aliphatic rings. The summed E-state index contributed by atoms with van der Waals surface area (Å²) in [7, 11) is 0. The van der Waals surface area contributed by atoms with Gasteiger partial charge < -0.3 is 5.73 Å². The molecule has 66 valence electrons. The standard InChI is InChI=1S/C6H6F3N3/c1-3-2-11-5(10)12-4(3)6(7,8)9/h2H,1H3,(H2,10,11,12). The van der Waals surface area contributed by atoms with Crippen LogP contribution in [0.2, 0.25) is 0 Å². The lowest BCUT2D eigenvalue weighted by Crippen LogP contribution is -2.12. The Balaban J connectivity index is 3.23. The predicted molar refractivity (Wildman–Crippen MR) is 36.2 cm³/mol. The van der Waals surface area contributed by atoms with Gasteiger partial charge in [-0.3, -0.25) is 0 Å². The van der Waals surface area contributed by atoms with E-state index in [9.17, 15) is 13.2 Å². The van der Waals surface area contributed by atoms with E-state index >= 15 is 0 Å². The van der Waals surface area contributed by atoms with Crippen LogP contribution in [0.15, 0.2) is 6.20 Å². The summed E-state index contributed by atoms with van der Waals surface area (Å²) in [6.45, 7) is 1.28. The number of aryl methyl sites for hydroxylation is 1. The van der Waals surface area contributed by atoms with Crippen LogP contribution in [0.1, 0.15) is 11.3 Å². The fourth-order valence-electron chi connectivity index (χ4n) is 0.743. The SMILES string of the molecule is Cc1cnc(N)nc1C(F)(F)F. The Morgan fingerprint density at radius 3 is 2.42 bits per heavy atom. The Morgan fingerprint density at radius 2 is 2.00 bits per heavy atom. The van der Waals surface area contributed by atoms with Gasteiger partial charge in [-0.2, -0.15) is 13.2 Å². The van der Waals surface area contributed by atoms with Gasteiger partial charge in [0.15, 0.2) is 5.69 Å². The number of nitrogen functional groups attached to an aromatic ring is 1. The zero-order chi connectivity index (χ0) is 9.35. The van der Waals surface area contributed by atoms with E-state index in [-0.39, 0.29) is 11.5 Å². The third kappa shape index (κ3) is 1.63. The topological polar surface area (TPSA) is 51.8 Å². The van der Waals surface area contributed by atoms with Crippen LogP contribution in [0.5, 0.6) is 0 Å². The third-order valence-electron chi connectivity index (χ3n) is 1.26. The molecule has 0 bridgehead atoms. The van der Waals surface area contributed by atoms with Crippen molar-refractivity contribution in [2.75, 3.05) is 5.73 Å². The summed E-state index contributed by atoms with van der Waals surface area (Å²) in [5, 5.41) is 0. The average molecular weight is 177 g/mol. The number of rotatable bonds is 0. The maximum atomic E-state index is 12.1. The zero-order valence-corrected chi connectivity index (χ0v) is 6.18. The largest absolute Gasteiger partial charge is 0.433 e. The molecule has 6 heteroatoms. The number of alkyl halides is 3. The van der Waals surface area contributed by atoms with Gasteiger partial charge in [-0.05, 0) is 12.5 Å². The maximum Gasteiger partial charge on any atom is 0.433 e. The first-order chi connectivity index (χ1) is 5.41. The smallest absolute Gasteiger partial charge is 0.368 e. The summed E-state index contributed by atoms with van der Waals surface area (Å²) in [6, 6.07) is 0. The Morgan fingerprint density at radius 1 is 1.42 bits per heavy atom. The van der Waals surface area contributed by atoms with Crippen LogP contribution in [-0.4, -0.2) is 9.97 Å². The van der Waals surface area contributed by atoms with Crippen molar-refractivity contribution in [2.24, 2.45) is 0 Å². The van der Waals surface area contributed by atoms with Gasteiger partial charge in [-0.1, -0.05) is 0 Å². The van der Waals surface area contributed by atoms with E-state index in [0.29, 0.717) is 0 Å². The van der Waals surface area contributed by atoms with Crippen molar-refractivity contribution in [1.29, 1.82) is 0 Å². The number of hydrogen-bond acceptors (Lipinski definition) is 3. The van der Waals surface area contributed by atoms with Crippen LogP contribution in [0, 0.1) is 6.92 Å². The van der Waals surface area contributed by atoms with E-state index in [1.54, 1.807) is 0 Å². The summed E-state index contributed by atoms with van der Waals surface area (Å²) in [5.74, 6) is -0.368. The summed E-state index contributed by atoms with van der Waals surface area (Å²) < 4.78 is 36.2. The fraction of sp³-hybridized carbons (Fsp3) is 0.333. The molecule has 0 fully saturated rings. The number of nitrogens with zero attached hydrogens (tertiary/aromatic N) is 2. The maximum absolute atomic E-state index is 12.1. The molecule has 0 radical (unpaired) electrons. The first-order valence-corrected chi connectivity index (χ1v) is 3.07. The highest BCUT2D eigenvalue weighted by Gasteiger charge is 2.34. The molecule has 0 amide bonds. The monoisotopic (exact) mass is 177 g/mol. The van der Waals surface area contributed by atoms with Crippen molar-refractivity contribution in [1.82, 2.24) is 9.97 Å². The van der Waals surface area contributed by atoms with E-state index in [1.807, 2.05) is 0 Å². The Bertz CT molecular complexity index is 295. The number of hydrogen-bond donors (Lipinski definition) is 1. The molecule has 0 unspecified atom stereocenters. The highest BCUT2D eigenvalue weighted by molar-refractivity contribution is 5.25. The van der Waals surface area contributed by atoms with Gasteiger partial charge in [-0.15, -0.1) is 0 Å². The lowest BCUT2D eigenvalue weighted by molar-refractivity contribution is -0.141. The molecule has 0 aliphatic carbocycles. The Labute approximate surface area is 66.4 Å². The molecular weight excluding hydrogens is 171 g/mol. The lowest BCUT2D eigenvalue weighted by atomic mass is 10.2. The Hall–Kier alpha value is -1.33. The van der Waals surface area contributed by atoms with Crippen LogP contribution in [0.4, 0.5) is 19.1 Å². The van der Waals surface area contributed by atoms with Gasteiger partial charge in [0, 0.05) is 6.20 Å². The van der Waals surface area contributed by atoms with Crippen molar-refractivity contribution in [3.63, 3.8) is 0 Å². The molecule has 0 aliphatic heterocycles. The molecule has 12 heavy (non-hydrogen) atoms. The molecule has 0 saturated carbocycles. The second-order valence-electron chi connectivity index (χ2n) is 2.26. The molecule has 1 heterocycles. The molecule has 1 aromatic heterocycles. The summed E-state index contributed by atoms with van der Waals surface area (Å²) in [4.78, 5) is 6.51. The van der Waals surface area contributed by atoms with Crippen molar-refractivity contribution >= 4 is 5.95 Å². The van der Waals surface area contributed by atoms with Crippen LogP contribution in [-0.2, 0) is 6.18 Å². The molecule has 0 aromatic carbocycles. The number of nitrogens with two attached hydrogens (primary N) is 1. The summed E-state index contributed by atoms with van der Waals surface area (Å²) >= 11 is 0. The lowest BCUT2D eigenvalue weighted by Gasteiger charge is -2.07. The number of halogens is 3. The van der Waals surface area contributed by atoms with E-state index in [0.717, 1.165) is 6.20 Å². The summed E-state index contributed by atoms with van der Waals surface area (Å²) in [6.07, 6.45) is -3.41. The number of aromatic nitrogens is 2. The predicted octanol–water partition coefficient (Wildman–Crippen LogP) is 1.39. The molecule has 1 rings (SSSR count). The fourth-order valence-corrected chi connectivity index (χ4v) is 0.743. The van der Waals surface area contributed by atoms with E-state index in [4.69, 9.17) is 5.73 Å². The molecule has 0 spiro atoms. The van der Waals surface area contributed by atoms with Gasteiger partial charge in [-0.25, -0.2) is 9.97 Å². The van der Waals surface area contributed by atoms with E-state index in [1.165, 1.54) is 6.92 Å². The minimum absolute atomic E-state index is 0.0308. The van der Waals surface area contributed by atoms with Crippen molar-refractivity contribution in [3.8, 4) is 0 Å². The quantitative estimate of drug-likeness (QED) is 0.651. The van der Waals surface area contributed by atoms with Crippen molar-refractivity contribution in [3.05, 3.63) is 17.5 Å². The van der Waals surface area contributed by atoms with Gasteiger partial charge in [0.2, 0.25) is 5.95 Å². The van der Waals surface area contributed by atoms with Crippen LogP contribution in [0.3, 0.4) is 0 Å². The van der Waals surface area contributed by atoms with E-state index in [2.05, 4.69) is 9.97 Å². The minimum atomic E-state index is -4.46. The minimum Gasteiger partial charge on any atom is -0.368 e. The van der Waals surface area contributed by atoms with Crippen LogP contribution in [0.25, 0.3) is 0 Å². The van der Waals surface area contributed by atoms with Gasteiger partial charge in [0.05, 0.1) is 0 Å². The second kappa shape index (κ2) is 2.62. The average Bonchev–Trinajstić information content (AvgIpc) is 1.92. The van der Waals surface area contributed by atoms with Crippen molar-refractivity contribution in [2.45, 2.75) is 13.1 Å². The molecular formula is C6H6F3N3. The third-order valence-corrected chi connectivity index (χ3v) is 1.26. The van der Waals surface area contributed by atoms with Gasteiger partial charge >= 0.3 is 6.18 Å². The van der Waals surface area contributed by atoms with Gasteiger partial charge in [0.25, 0.3) is 0 Å². The molecule has 2 N–H and O–H groups in total. The molecule has 1 aromatic rings. The van der Waals surface area contributed by atoms with Gasteiger partial charge in [0.1, 0.15) is 0 Å². The second-order valence-corrected chi connectivity index (χ2v) is 2.26. The van der Waals surface area contributed by atoms with Crippen LogP contribution >= 0.6 is 0 Å². The highest BCUT2D eigenvalue weighted by Crippen LogP contribution is 2.29. The van der Waals surface area contributed by atoms with Crippen molar-refractivity contribution < 1.29 is 13.2 Å². The first-order valence-electron chi connectivity index (χ1n) is 3.07. The zero-order valence-electron chi connectivity index (χ0n) is 6.18. The first kappa shape index (κ1) is 8.76. The molecule has 0 atom stereocenters. The van der Waals surface area contributed by atoms with Crippen LogP contribution < -0.4 is 5.73 Å². The normalized spacial score (nSPS) is 11.7. The van der Waals surface area contributed by atoms with E-state index < -0.39 is 11.9 Å². The molecule has 3 nitrogen and oxygen atoms in total. The summed E-state index contributed by atoms with van der Waals surface area (Å²) in [5.41, 5.74) is 3.99.